The molecule has 0 aliphatic rings. The molecular formula is C17H19ClN2O3S. The van der Waals surface area contributed by atoms with Crippen LogP contribution in [-0.4, -0.2) is 20.4 Å². The second kappa shape index (κ2) is 7.79. The van der Waals surface area contributed by atoms with E-state index in [1.54, 1.807) is 56.3 Å². The van der Waals surface area contributed by atoms with Gasteiger partial charge in [0, 0.05) is 10.7 Å². The lowest BCUT2D eigenvalue weighted by atomic mass is 10.0. The largest absolute Gasteiger partial charge is 0.325 e. The number of benzene rings is 2. The molecule has 0 radical (unpaired) electrons. The van der Waals surface area contributed by atoms with E-state index in [-0.39, 0.29) is 10.8 Å². The molecule has 1 atom stereocenters. The van der Waals surface area contributed by atoms with Gasteiger partial charge in [0.2, 0.25) is 15.9 Å². The van der Waals surface area contributed by atoms with Crippen molar-refractivity contribution >= 4 is 33.2 Å². The number of anilines is 1. The third kappa shape index (κ3) is 4.80. The highest BCUT2D eigenvalue weighted by atomic mass is 35.5. The second-order valence-corrected chi connectivity index (χ2v) is 7.81. The van der Waals surface area contributed by atoms with Crippen molar-refractivity contribution in [3.63, 3.8) is 0 Å². The van der Waals surface area contributed by atoms with Gasteiger partial charge >= 0.3 is 0 Å². The molecule has 0 bridgehead atoms. The molecule has 7 heteroatoms. The lowest BCUT2D eigenvalue weighted by molar-refractivity contribution is -0.118. The monoisotopic (exact) mass is 366 g/mol. The van der Waals surface area contributed by atoms with E-state index in [2.05, 4.69) is 10.0 Å². The quantitative estimate of drug-likeness (QED) is 0.823. The van der Waals surface area contributed by atoms with Crippen molar-refractivity contribution in [1.29, 1.82) is 0 Å². The number of hydrogen-bond donors (Lipinski definition) is 2. The van der Waals surface area contributed by atoms with Crippen molar-refractivity contribution in [3.05, 3.63) is 59.6 Å². The molecular weight excluding hydrogens is 348 g/mol. The Morgan fingerprint density at radius 1 is 1.04 bits per heavy atom. The Morgan fingerprint density at radius 2 is 1.71 bits per heavy atom. The summed E-state index contributed by atoms with van der Waals surface area (Å²) in [6, 6.07) is 13.7. The summed E-state index contributed by atoms with van der Waals surface area (Å²) < 4.78 is 27.4. The topological polar surface area (TPSA) is 75.3 Å². The van der Waals surface area contributed by atoms with E-state index in [4.69, 9.17) is 11.6 Å². The smallest absolute Gasteiger partial charge is 0.242 e. The van der Waals surface area contributed by atoms with Crippen molar-refractivity contribution in [2.24, 2.45) is 5.92 Å². The first-order valence-corrected chi connectivity index (χ1v) is 9.29. The molecule has 0 unspecified atom stereocenters. The van der Waals surface area contributed by atoms with Crippen LogP contribution >= 0.6 is 11.6 Å². The highest BCUT2D eigenvalue weighted by molar-refractivity contribution is 7.89. The molecule has 0 saturated heterocycles. The summed E-state index contributed by atoms with van der Waals surface area (Å²) in [5, 5.41) is 3.17. The lowest BCUT2D eigenvalue weighted by Crippen LogP contribution is -2.47. The molecule has 0 aromatic heterocycles. The fraction of sp³-hybridized carbons (Fsp3) is 0.235. The van der Waals surface area contributed by atoms with Crippen LogP contribution in [0.4, 0.5) is 5.69 Å². The van der Waals surface area contributed by atoms with E-state index in [1.807, 2.05) is 0 Å². The number of carbonyl (C=O) groups is 1. The van der Waals surface area contributed by atoms with E-state index < -0.39 is 22.0 Å². The molecule has 0 heterocycles. The lowest BCUT2D eigenvalue weighted by Gasteiger charge is -2.21. The van der Waals surface area contributed by atoms with Gasteiger partial charge in [-0.15, -0.1) is 0 Å². The molecule has 0 aliphatic carbocycles. The summed E-state index contributed by atoms with van der Waals surface area (Å²) in [4.78, 5) is 12.6. The molecule has 1 amide bonds. The first kappa shape index (κ1) is 18.4. The highest BCUT2D eigenvalue weighted by Crippen LogP contribution is 2.17. The van der Waals surface area contributed by atoms with Crippen LogP contribution in [0.3, 0.4) is 0 Å². The van der Waals surface area contributed by atoms with Crippen LogP contribution in [-0.2, 0) is 14.8 Å². The molecule has 2 N–H and O–H groups in total. The van der Waals surface area contributed by atoms with Crippen LogP contribution in [0.1, 0.15) is 13.8 Å². The van der Waals surface area contributed by atoms with Crippen LogP contribution < -0.4 is 10.0 Å². The molecule has 128 valence electrons. The van der Waals surface area contributed by atoms with Gasteiger partial charge in [-0.1, -0.05) is 49.7 Å². The van der Waals surface area contributed by atoms with Crippen LogP contribution in [0.15, 0.2) is 59.5 Å². The summed E-state index contributed by atoms with van der Waals surface area (Å²) >= 11 is 5.89. The van der Waals surface area contributed by atoms with Gasteiger partial charge in [0.05, 0.1) is 4.90 Å². The van der Waals surface area contributed by atoms with Crippen molar-refractivity contribution in [1.82, 2.24) is 4.72 Å². The first-order chi connectivity index (χ1) is 11.3. The van der Waals surface area contributed by atoms with Gasteiger partial charge in [0.15, 0.2) is 0 Å². The summed E-state index contributed by atoms with van der Waals surface area (Å²) in [6.07, 6.45) is 0. The van der Waals surface area contributed by atoms with Crippen LogP contribution in [0.2, 0.25) is 5.02 Å². The van der Waals surface area contributed by atoms with E-state index in [9.17, 15) is 13.2 Å². The summed E-state index contributed by atoms with van der Waals surface area (Å²) in [6.45, 7) is 3.55. The Kier molecular flexibility index (Phi) is 5.99. The van der Waals surface area contributed by atoms with Gasteiger partial charge in [-0.25, -0.2) is 8.42 Å². The zero-order valence-corrected chi connectivity index (χ0v) is 14.9. The van der Waals surface area contributed by atoms with E-state index in [0.717, 1.165) is 0 Å². The molecule has 0 fully saturated rings. The van der Waals surface area contributed by atoms with Gasteiger partial charge in [-0.2, -0.15) is 4.72 Å². The summed E-state index contributed by atoms with van der Waals surface area (Å²) in [5.41, 5.74) is 0.511. The van der Waals surface area contributed by atoms with Gasteiger partial charge in [0.1, 0.15) is 6.04 Å². The predicted molar refractivity (Wildman–Crippen MR) is 95.5 cm³/mol. The van der Waals surface area contributed by atoms with E-state index in [1.165, 1.54) is 12.1 Å². The van der Waals surface area contributed by atoms with Crippen molar-refractivity contribution < 1.29 is 13.2 Å². The molecule has 0 aliphatic heterocycles. The number of nitrogens with one attached hydrogen (secondary N) is 2. The number of carbonyl (C=O) groups excluding carboxylic acids is 1. The minimum atomic E-state index is -3.79. The summed E-state index contributed by atoms with van der Waals surface area (Å²) in [7, 11) is -3.79. The fourth-order valence-corrected chi connectivity index (χ4v) is 3.67. The average Bonchev–Trinajstić information content (AvgIpc) is 2.53. The SMILES string of the molecule is CC(C)[C@H](NS(=O)(=O)c1ccccc1)C(=O)Nc1cccc(Cl)c1. The van der Waals surface area contributed by atoms with E-state index >= 15 is 0 Å². The maximum atomic E-state index is 12.5. The second-order valence-electron chi connectivity index (χ2n) is 5.66. The molecule has 5 nitrogen and oxygen atoms in total. The Labute approximate surface area is 147 Å². The van der Waals surface area contributed by atoms with Crippen LogP contribution in [0.5, 0.6) is 0 Å². The van der Waals surface area contributed by atoms with Crippen LogP contribution in [0.25, 0.3) is 0 Å². The fourth-order valence-electron chi connectivity index (χ4n) is 2.11. The summed E-state index contributed by atoms with van der Waals surface area (Å²) in [5.74, 6) is -0.672. The standard InChI is InChI=1S/C17H19ClN2O3S/c1-12(2)16(17(21)19-14-8-6-7-13(18)11-14)20-24(22,23)15-9-4-3-5-10-15/h3-12,16,20H,1-2H3,(H,19,21)/t16-/m0/s1. The average molecular weight is 367 g/mol. The van der Waals surface area contributed by atoms with Gasteiger partial charge < -0.3 is 5.32 Å². The minimum absolute atomic E-state index is 0.117. The number of sulfonamides is 1. The molecule has 2 rings (SSSR count). The number of halogens is 1. The van der Waals surface area contributed by atoms with Crippen LogP contribution in [0, 0.1) is 5.92 Å². The Bertz CT molecular complexity index is 808. The third-order valence-corrected chi connectivity index (χ3v) is 5.07. The highest BCUT2D eigenvalue weighted by Gasteiger charge is 2.28. The van der Waals surface area contributed by atoms with Gasteiger partial charge in [-0.05, 0) is 36.2 Å². The zero-order chi connectivity index (χ0) is 17.7. The molecule has 24 heavy (non-hydrogen) atoms. The predicted octanol–water partition coefficient (Wildman–Crippen LogP) is 3.28. The Morgan fingerprint density at radius 3 is 2.29 bits per heavy atom. The molecule has 2 aromatic rings. The van der Waals surface area contributed by atoms with Gasteiger partial charge in [-0.3, -0.25) is 4.79 Å². The maximum absolute atomic E-state index is 12.5. The maximum Gasteiger partial charge on any atom is 0.242 e. The zero-order valence-electron chi connectivity index (χ0n) is 13.4. The number of rotatable bonds is 6. The minimum Gasteiger partial charge on any atom is -0.325 e. The Hall–Kier alpha value is -1.89. The van der Waals surface area contributed by atoms with Crippen molar-refractivity contribution in [3.8, 4) is 0 Å². The number of hydrogen-bond acceptors (Lipinski definition) is 3. The molecule has 0 saturated carbocycles. The van der Waals surface area contributed by atoms with Crippen molar-refractivity contribution in [2.45, 2.75) is 24.8 Å². The normalized spacial score (nSPS) is 12.8. The van der Waals surface area contributed by atoms with E-state index in [0.29, 0.717) is 10.7 Å². The molecule has 0 spiro atoms. The third-order valence-electron chi connectivity index (χ3n) is 3.38. The number of amides is 1. The first-order valence-electron chi connectivity index (χ1n) is 7.43. The Balaban J connectivity index is 2.19. The van der Waals surface area contributed by atoms with Gasteiger partial charge in [0.25, 0.3) is 0 Å². The molecule has 2 aromatic carbocycles. The van der Waals surface area contributed by atoms with Crippen molar-refractivity contribution in [2.75, 3.05) is 5.32 Å².